The first-order valence-corrected chi connectivity index (χ1v) is 7.47. The molecular formula is C14H17N3O3S. The van der Waals surface area contributed by atoms with Crippen molar-refractivity contribution >= 4 is 22.7 Å². The normalized spacial score (nSPS) is 10.4. The minimum absolute atomic E-state index is 0.0200. The van der Waals surface area contributed by atoms with Crippen LogP contribution in [0.1, 0.15) is 23.2 Å². The van der Waals surface area contributed by atoms with Gasteiger partial charge in [-0.3, -0.25) is 10.1 Å². The quantitative estimate of drug-likeness (QED) is 0.622. The second-order valence-electron chi connectivity index (χ2n) is 4.52. The van der Waals surface area contributed by atoms with E-state index >= 15 is 0 Å². The van der Waals surface area contributed by atoms with Gasteiger partial charge in [-0.2, -0.15) is 0 Å². The highest BCUT2D eigenvalue weighted by molar-refractivity contribution is 7.11. The van der Waals surface area contributed by atoms with Crippen LogP contribution in [0.2, 0.25) is 0 Å². The third-order valence-corrected chi connectivity index (χ3v) is 3.62. The molecule has 21 heavy (non-hydrogen) atoms. The van der Waals surface area contributed by atoms with E-state index in [1.54, 1.807) is 23.6 Å². The lowest BCUT2D eigenvalue weighted by molar-refractivity contribution is -0.384. The number of aromatic nitrogens is 1. The molecule has 2 rings (SSSR count). The van der Waals surface area contributed by atoms with E-state index in [-0.39, 0.29) is 5.69 Å². The second-order valence-corrected chi connectivity index (χ2v) is 5.84. The number of aryl methyl sites for hydroxylation is 1. The molecule has 0 saturated carbocycles. The van der Waals surface area contributed by atoms with Crippen LogP contribution >= 0.6 is 11.3 Å². The summed E-state index contributed by atoms with van der Waals surface area (Å²) in [5.41, 5.74) is 0.688. The van der Waals surface area contributed by atoms with Gasteiger partial charge in [0, 0.05) is 28.9 Å². The van der Waals surface area contributed by atoms with E-state index in [9.17, 15) is 10.1 Å². The first-order chi connectivity index (χ1) is 10.1. The largest absolute Gasteiger partial charge is 0.493 e. The summed E-state index contributed by atoms with van der Waals surface area (Å²) in [5, 5.41) is 15.1. The molecule has 0 spiro atoms. The molecule has 1 N–H and O–H groups in total. The van der Waals surface area contributed by atoms with Crippen molar-refractivity contribution in [3.05, 3.63) is 44.4 Å². The average molecular weight is 307 g/mol. The highest BCUT2D eigenvalue weighted by Crippen LogP contribution is 2.27. The SMILES string of the molecule is CCCOc1cc(NCc2cnc(C)s2)cc([N+](=O)[O-])c1. The van der Waals surface area contributed by atoms with Crippen LogP contribution < -0.4 is 10.1 Å². The average Bonchev–Trinajstić information content (AvgIpc) is 2.88. The number of anilines is 1. The Kier molecular flexibility index (Phi) is 5.10. The van der Waals surface area contributed by atoms with Gasteiger partial charge in [0.05, 0.1) is 29.1 Å². The van der Waals surface area contributed by atoms with Crippen molar-refractivity contribution in [2.45, 2.75) is 26.8 Å². The Labute approximate surface area is 126 Å². The van der Waals surface area contributed by atoms with Gasteiger partial charge in [0.1, 0.15) is 5.75 Å². The van der Waals surface area contributed by atoms with Crippen molar-refractivity contribution in [3.63, 3.8) is 0 Å². The Bertz CT molecular complexity index is 628. The Hall–Kier alpha value is -2.15. The van der Waals surface area contributed by atoms with Crippen LogP contribution in [0.5, 0.6) is 5.75 Å². The molecule has 1 aromatic heterocycles. The minimum atomic E-state index is -0.416. The van der Waals surface area contributed by atoms with Crippen LogP contribution in [0, 0.1) is 17.0 Å². The van der Waals surface area contributed by atoms with E-state index in [2.05, 4.69) is 10.3 Å². The van der Waals surface area contributed by atoms with Crippen LogP contribution in [0.4, 0.5) is 11.4 Å². The highest BCUT2D eigenvalue weighted by atomic mass is 32.1. The third kappa shape index (κ3) is 4.42. The first-order valence-electron chi connectivity index (χ1n) is 6.66. The summed E-state index contributed by atoms with van der Waals surface area (Å²) in [4.78, 5) is 15.8. The number of hydrogen-bond donors (Lipinski definition) is 1. The molecule has 0 bridgehead atoms. The maximum absolute atomic E-state index is 11.0. The number of thiazole rings is 1. The van der Waals surface area contributed by atoms with Gasteiger partial charge in [0.15, 0.2) is 0 Å². The molecule has 7 heteroatoms. The van der Waals surface area contributed by atoms with Gasteiger partial charge in [0.25, 0.3) is 5.69 Å². The van der Waals surface area contributed by atoms with Crippen LogP contribution in [-0.4, -0.2) is 16.5 Å². The molecule has 112 valence electrons. The molecule has 6 nitrogen and oxygen atoms in total. The Morgan fingerprint density at radius 2 is 2.24 bits per heavy atom. The van der Waals surface area contributed by atoms with Gasteiger partial charge in [-0.1, -0.05) is 6.92 Å². The van der Waals surface area contributed by atoms with Crippen molar-refractivity contribution in [2.75, 3.05) is 11.9 Å². The highest BCUT2D eigenvalue weighted by Gasteiger charge is 2.11. The van der Waals surface area contributed by atoms with Gasteiger partial charge in [-0.25, -0.2) is 4.98 Å². The van der Waals surface area contributed by atoms with Gasteiger partial charge >= 0.3 is 0 Å². The molecule has 0 saturated heterocycles. The van der Waals surface area contributed by atoms with Crippen LogP contribution in [0.3, 0.4) is 0 Å². The summed E-state index contributed by atoms with van der Waals surface area (Å²) in [5.74, 6) is 0.508. The van der Waals surface area contributed by atoms with Gasteiger partial charge in [0.2, 0.25) is 0 Å². The summed E-state index contributed by atoms with van der Waals surface area (Å²) < 4.78 is 5.49. The maximum Gasteiger partial charge on any atom is 0.275 e. The molecule has 0 amide bonds. The standard InChI is InChI=1S/C14H17N3O3S/c1-3-4-20-13-6-11(5-12(7-13)17(18)19)16-9-14-8-15-10(2)21-14/h5-8,16H,3-4,9H2,1-2H3. The maximum atomic E-state index is 11.0. The molecule has 0 radical (unpaired) electrons. The van der Waals surface area contributed by atoms with Crippen molar-refractivity contribution < 1.29 is 9.66 Å². The number of nitro groups is 1. The predicted molar refractivity (Wildman–Crippen MR) is 83.1 cm³/mol. The zero-order valence-corrected chi connectivity index (χ0v) is 12.8. The summed E-state index contributed by atoms with van der Waals surface area (Å²) in [6.07, 6.45) is 2.66. The first kappa shape index (κ1) is 15.2. The predicted octanol–water partition coefficient (Wildman–Crippen LogP) is 3.76. The number of rotatable bonds is 7. The number of ether oxygens (including phenoxy) is 1. The Balaban J connectivity index is 2.12. The molecule has 1 aromatic carbocycles. The number of nitrogens with one attached hydrogen (secondary N) is 1. The van der Waals surface area contributed by atoms with Crippen molar-refractivity contribution in [1.82, 2.24) is 4.98 Å². The van der Waals surface area contributed by atoms with Gasteiger partial charge in [-0.05, 0) is 13.3 Å². The molecule has 0 aliphatic rings. The van der Waals surface area contributed by atoms with E-state index in [4.69, 9.17) is 4.74 Å². The van der Waals surface area contributed by atoms with E-state index in [0.717, 1.165) is 16.3 Å². The lowest BCUT2D eigenvalue weighted by Crippen LogP contribution is -2.01. The van der Waals surface area contributed by atoms with Crippen LogP contribution in [-0.2, 0) is 6.54 Å². The fourth-order valence-corrected chi connectivity index (χ4v) is 2.50. The molecule has 0 fully saturated rings. The number of hydrogen-bond acceptors (Lipinski definition) is 6. The monoisotopic (exact) mass is 307 g/mol. The zero-order valence-electron chi connectivity index (χ0n) is 12.0. The zero-order chi connectivity index (χ0) is 15.2. The fourth-order valence-electron chi connectivity index (χ4n) is 1.77. The van der Waals surface area contributed by atoms with Crippen molar-refractivity contribution in [2.24, 2.45) is 0 Å². The minimum Gasteiger partial charge on any atom is -0.493 e. The van der Waals surface area contributed by atoms with Crippen LogP contribution in [0.15, 0.2) is 24.4 Å². The number of benzene rings is 1. The van der Waals surface area contributed by atoms with E-state index in [1.807, 2.05) is 13.8 Å². The molecule has 0 aliphatic carbocycles. The van der Waals surface area contributed by atoms with Gasteiger partial charge < -0.3 is 10.1 Å². The van der Waals surface area contributed by atoms with E-state index in [0.29, 0.717) is 24.6 Å². The molecule has 2 aromatic rings. The van der Waals surface area contributed by atoms with Crippen molar-refractivity contribution in [1.29, 1.82) is 0 Å². The lowest BCUT2D eigenvalue weighted by Gasteiger charge is -2.09. The van der Waals surface area contributed by atoms with Gasteiger partial charge in [-0.15, -0.1) is 11.3 Å². The molecular weight excluding hydrogens is 290 g/mol. The second kappa shape index (κ2) is 7.03. The summed E-state index contributed by atoms with van der Waals surface area (Å²) in [6, 6.07) is 4.72. The lowest BCUT2D eigenvalue weighted by atomic mass is 10.2. The molecule has 0 aliphatic heterocycles. The third-order valence-electron chi connectivity index (χ3n) is 2.71. The molecule has 0 unspecified atom stereocenters. The Morgan fingerprint density at radius 1 is 1.43 bits per heavy atom. The summed E-state index contributed by atoms with van der Waals surface area (Å²) >= 11 is 1.60. The summed E-state index contributed by atoms with van der Waals surface area (Å²) in [7, 11) is 0. The van der Waals surface area contributed by atoms with E-state index < -0.39 is 4.92 Å². The fraction of sp³-hybridized carbons (Fsp3) is 0.357. The van der Waals surface area contributed by atoms with E-state index in [1.165, 1.54) is 12.1 Å². The molecule has 1 heterocycles. The number of nitro benzene ring substituents is 1. The smallest absolute Gasteiger partial charge is 0.275 e. The topological polar surface area (TPSA) is 77.3 Å². The van der Waals surface area contributed by atoms with Crippen LogP contribution in [0.25, 0.3) is 0 Å². The molecule has 0 atom stereocenters. The number of nitrogens with zero attached hydrogens (tertiary/aromatic N) is 2. The van der Waals surface area contributed by atoms with Crippen molar-refractivity contribution in [3.8, 4) is 5.75 Å². The Morgan fingerprint density at radius 3 is 2.86 bits per heavy atom. The summed E-state index contributed by atoms with van der Waals surface area (Å²) in [6.45, 7) is 5.05. The number of non-ortho nitro benzene ring substituents is 1.